The molecule has 2 aromatic carbocycles. The zero-order chi connectivity index (χ0) is 21.3. The number of nitrogens with zero attached hydrogens (tertiary/aromatic N) is 2. The number of carbonyl (C=O) groups is 1. The number of benzene rings is 2. The highest BCUT2D eigenvalue weighted by molar-refractivity contribution is 9.10. The van der Waals surface area contributed by atoms with Gasteiger partial charge in [0.15, 0.2) is 0 Å². The third-order valence-corrected chi connectivity index (χ3v) is 8.08. The van der Waals surface area contributed by atoms with Crippen LogP contribution in [0, 0.1) is 5.92 Å². The maximum Gasteiger partial charge on any atom is 0.245 e. The summed E-state index contributed by atoms with van der Waals surface area (Å²) in [6.45, 7) is 3.38. The molecular weight excluding hydrogens is 464 g/mol. The molecule has 1 saturated carbocycles. The van der Waals surface area contributed by atoms with E-state index >= 15 is 0 Å². The van der Waals surface area contributed by atoms with Crippen molar-refractivity contribution < 1.29 is 13.2 Å². The minimum Gasteiger partial charge on any atom is -0.310 e. The number of rotatable bonds is 8. The number of anilines is 1. The zero-order valence-electron chi connectivity index (χ0n) is 17.2. The summed E-state index contributed by atoms with van der Waals surface area (Å²) in [5.41, 5.74) is 2.46. The Balaban J connectivity index is 1.75. The van der Waals surface area contributed by atoms with Gasteiger partial charge in [-0.1, -0.05) is 59.6 Å². The van der Waals surface area contributed by atoms with E-state index in [-0.39, 0.29) is 16.7 Å². The van der Waals surface area contributed by atoms with Crippen molar-refractivity contribution in [1.29, 1.82) is 0 Å². The van der Waals surface area contributed by atoms with Crippen molar-refractivity contribution in [3.05, 3.63) is 58.1 Å². The molecule has 0 saturated heterocycles. The normalized spacial score (nSPS) is 16.2. The summed E-state index contributed by atoms with van der Waals surface area (Å²) in [5.74, 6) is 0.117. The molecule has 0 N–H and O–H groups in total. The average Bonchev–Trinajstić information content (AvgIpc) is 3.50. The van der Waals surface area contributed by atoms with E-state index in [1.54, 1.807) is 15.3 Å². The van der Waals surface area contributed by atoms with Crippen molar-refractivity contribution in [2.45, 2.75) is 50.5 Å². The fraction of sp³-hybridized carbons (Fsp3) is 0.435. The Labute approximate surface area is 187 Å². The summed E-state index contributed by atoms with van der Waals surface area (Å²) in [4.78, 5) is 14.8. The van der Waals surface area contributed by atoms with Crippen molar-refractivity contribution in [1.82, 2.24) is 4.31 Å². The van der Waals surface area contributed by atoms with Crippen LogP contribution < -0.4 is 4.90 Å². The van der Waals surface area contributed by atoms with Gasteiger partial charge in [0.1, 0.15) is 4.90 Å². The Morgan fingerprint density at radius 2 is 1.93 bits per heavy atom. The Morgan fingerprint density at radius 3 is 2.60 bits per heavy atom. The van der Waals surface area contributed by atoms with E-state index in [1.807, 2.05) is 36.4 Å². The number of sulfonamides is 1. The standard InChI is InChI=1S/C23H27BrN2O3S/c1-2-3-12-25(16-17-7-5-4-6-8-17)30(28,29)21-15-20(24)14-19-11-13-26(22(19)21)23(27)18-9-10-18/h4-8,14-15,18H,2-3,9-13,16H2,1H3. The number of hydrogen-bond acceptors (Lipinski definition) is 3. The van der Waals surface area contributed by atoms with E-state index in [4.69, 9.17) is 0 Å². The van der Waals surface area contributed by atoms with E-state index in [1.165, 1.54) is 0 Å². The van der Waals surface area contributed by atoms with Crippen molar-refractivity contribution in [3.8, 4) is 0 Å². The lowest BCUT2D eigenvalue weighted by Gasteiger charge is -2.26. The van der Waals surface area contributed by atoms with Crippen molar-refractivity contribution in [2.24, 2.45) is 5.92 Å². The topological polar surface area (TPSA) is 57.7 Å². The smallest absolute Gasteiger partial charge is 0.245 e. The predicted molar refractivity (Wildman–Crippen MR) is 122 cm³/mol. The van der Waals surface area contributed by atoms with Crippen LogP contribution in [0.5, 0.6) is 0 Å². The molecule has 1 aliphatic heterocycles. The van der Waals surface area contributed by atoms with Crippen LogP contribution in [0.4, 0.5) is 5.69 Å². The highest BCUT2D eigenvalue weighted by Gasteiger charge is 2.40. The minimum absolute atomic E-state index is 0.0515. The number of hydrogen-bond donors (Lipinski definition) is 0. The summed E-state index contributed by atoms with van der Waals surface area (Å²) in [7, 11) is -3.78. The number of halogens is 1. The van der Waals surface area contributed by atoms with Crippen LogP contribution in [0.2, 0.25) is 0 Å². The largest absolute Gasteiger partial charge is 0.310 e. The average molecular weight is 491 g/mol. The van der Waals surface area contributed by atoms with Gasteiger partial charge in [0, 0.05) is 30.0 Å². The zero-order valence-corrected chi connectivity index (χ0v) is 19.6. The summed E-state index contributed by atoms with van der Waals surface area (Å²) in [6, 6.07) is 13.3. The van der Waals surface area contributed by atoms with Crippen LogP contribution >= 0.6 is 15.9 Å². The number of fused-ring (bicyclic) bond motifs is 1. The summed E-state index contributed by atoms with van der Waals surface area (Å²) in [6.07, 6.45) is 4.18. The Bertz CT molecular complexity index is 1040. The molecule has 0 spiro atoms. The molecule has 5 nitrogen and oxygen atoms in total. The van der Waals surface area contributed by atoms with Gasteiger partial charge in [-0.15, -0.1) is 0 Å². The van der Waals surface area contributed by atoms with Crippen molar-refractivity contribution >= 4 is 37.5 Å². The van der Waals surface area contributed by atoms with Gasteiger partial charge >= 0.3 is 0 Å². The molecule has 1 aliphatic carbocycles. The molecule has 0 unspecified atom stereocenters. The summed E-state index contributed by atoms with van der Waals surface area (Å²) in [5, 5.41) is 0. The second-order valence-electron chi connectivity index (χ2n) is 8.10. The van der Waals surface area contributed by atoms with Crippen LogP contribution in [0.3, 0.4) is 0 Å². The minimum atomic E-state index is -3.78. The third kappa shape index (κ3) is 4.34. The molecule has 1 fully saturated rings. The lowest BCUT2D eigenvalue weighted by molar-refractivity contribution is -0.119. The Morgan fingerprint density at radius 1 is 1.20 bits per heavy atom. The first kappa shape index (κ1) is 21.5. The molecule has 1 heterocycles. The SMILES string of the molecule is CCCCN(Cc1ccccc1)S(=O)(=O)c1cc(Br)cc2c1N(C(=O)C1CC1)CC2. The first-order valence-electron chi connectivity index (χ1n) is 10.6. The molecule has 1 amide bonds. The summed E-state index contributed by atoms with van der Waals surface area (Å²) >= 11 is 3.49. The number of amides is 1. The molecule has 7 heteroatoms. The fourth-order valence-corrected chi connectivity index (χ4v) is 6.37. The molecule has 2 aliphatic rings. The first-order chi connectivity index (χ1) is 14.4. The van der Waals surface area contributed by atoms with Gasteiger partial charge in [0.05, 0.1) is 5.69 Å². The second-order valence-corrected chi connectivity index (χ2v) is 10.9. The van der Waals surface area contributed by atoms with Gasteiger partial charge in [-0.25, -0.2) is 8.42 Å². The van der Waals surface area contributed by atoms with Crippen LogP contribution in [0.1, 0.15) is 43.7 Å². The van der Waals surface area contributed by atoms with E-state index in [0.29, 0.717) is 31.7 Å². The van der Waals surface area contributed by atoms with Crippen LogP contribution in [-0.4, -0.2) is 31.7 Å². The molecule has 2 aromatic rings. The van der Waals surface area contributed by atoms with Gasteiger partial charge < -0.3 is 4.90 Å². The van der Waals surface area contributed by atoms with Gasteiger partial charge in [-0.05, 0) is 48.9 Å². The molecule has 0 atom stereocenters. The third-order valence-electron chi connectivity index (χ3n) is 5.77. The van der Waals surface area contributed by atoms with Crippen LogP contribution in [0.15, 0.2) is 51.8 Å². The van der Waals surface area contributed by atoms with Crippen molar-refractivity contribution in [2.75, 3.05) is 18.0 Å². The predicted octanol–water partition coefficient (Wildman–Crippen LogP) is 4.74. The molecule has 0 bridgehead atoms. The molecule has 4 rings (SSSR count). The molecule has 160 valence electrons. The molecule has 0 aromatic heterocycles. The van der Waals surface area contributed by atoms with Gasteiger partial charge in [0.25, 0.3) is 0 Å². The van der Waals surface area contributed by atoms with Crippen molar-refractivity contribution in [3.63, 3.8) is 0 Å². The van der Waals surface area contributed by atoms with E-state index in [0.717, 1.165) is 41.3 Å². The Kier molecular flexibility index (Phi) is 6.32. The lowest BCUT2D eigenvalue weighted by atomic mass is 10.2. The highest BCUT2D eigenvalue weighted by atomic mass is 79.9. The lowest BCUT2D eigenvalue weighted by Crippen LogP contribution is -2.35. The Hall–Kier alpha value is -1.70. The van der Waals surface area contributed by atoms with E-state index in [9.17, 15) is 13.2 Å². The quantitative estimate of drug-likeness (QED) is 0.536. The van der Waals surface area contributed by atoms with Crippen LogP contribution in [-0.2, 0) is 27.8 Å². The van der Waals surface area contributed by atoms with E-state index in [2.05, 4.69) is 22.9 Å². The van der Waals surface area contributed by atoms with Crippen LogP contribution in [0.25, 0.3) is 0 Å². The maximum absolute atomic E-state index is 13.9. The molecule has 30 heavy (non-hydrogen) atoms. The fourth-order valence-electron chi connectivity index (χ4n) is 3.98. The number of carbonyl (C=O) groups excluding carboxylic acids is 1. The monoisotopic (exact) mass is 490 g/mol. The second kappa shape index (κ2) is 8.81. The van der Waals surface area contributed by atoms with E-state index < -0.39 is 10.0 Å². The maximum atomic E-state index is 13.9. The van der Waals surface area contributed by atoms with Gasteiger partial charge in [0.2, 0.25) is 15.9 Å². The van der Waals surface area contributed by atoms with Gasteiger partial charge in [-0.3, -0.25) is 4.79 Å². The first-order valence-corrected chi connectivity index (χ1v) is 12.8. The number of unbranched alkanes of at least 4 members (excludes halogenated alkanes) is 1. The summed E-state index contributed by atoms with van der Waals surface area (Å²) < 4.78 is 30.0. The van der Waals surface area contributed by atoms with Gasteiger partial charge in [-0.2, -0.15) is 4.31 Å². The molecular formula is C23H27BrN2O3S. The molecule has 0 radical (unpaired) electrons. The highest BCUT2D eigenvalue weighted by Crippen LogP contribution is 2.42.